The number of nitrogens with one attached hydrogen (secondary N) is 1. The van der Waals surface area contributed by atoms with Gasteiger partial charge in [-0.2, -0.15) is 0 Å². The lowest BCUT2D eigenvalue weighted by atomic mass is 9.98. The van der Waals surface area contributed by atoms with Gasteiger partial charge in [-0.25, -0.2) is 4.79 Å². The second-order valence-corrected chi connectivity index (χ2v) is 4.90. The Morgan fingerprint density at radius 3 is 2.84 bits per heavy atom. The van der Waals surface area contributed by atoms with Gasteiger partial charge in [0.15, 0.2) is 5.54 Å². The summed E-state index contributed by atoms with van der Waals surface area (Å²) in [5.41, 5.74) is 0.681. The van der Waals surface area contributed by atoms with Gasteiger partial charge in [-0.1, -0.05) is 29.8 Å². The van der Waals surface area contributed by atoms with E-state index in [2.05, 4.69) is 5.32 Å². The molecule has 0 saturated carbocycles. The molecule has 1 aromatic rings. The van der Waals surface area contributed by atoms with E-state index in [1.807, 2.05) is 31.2 Å². The Hall–Kier alpha value is -1.88. The molecule has 0 radical (unpaired) electrons. The Kier molecular flexibility index (Phi) is 3.85. The van der Waals surface area contributed by atoms with E-state index in [1.54, 1.807) is 0 Å². The number of carboxylic acids is 1. The first kappa shape index (κ1) is 13.5. The van der Waals surface area contributed by atoms with Crippen LogP contribution in [0.25, 0.3) is 0 Å². The zero-order chi connectivity index (χ0) is 13.9. The second-order valence-electron chi connectivity index (χ2n) is 4.90. The van der Waals surface area contributed by atoms with Crippen molar-refractivity contribution in [3.8, 4) is 0 Å². The molecule has 2 rings (SSSR count). The van der Waals surface area contributed by atoms with Crippen molar-refractivity contribution in [2.75, 3.05) is 13.2 Å². The van der Waals surface area contributed by atoms with Crippen LogP contribution >= 0.6 is 0 Å². The fourth-order valence-electron chi connectivity index (χ4n) is 2.20. The molecule has 1 atom stereocenters. The van der Waals surface area contributed by atoms with Gasteiger partial charge in [0.25, 0.3) is 0 Å². The zero-order valence-corrected chi connectivity index (χ0v) is 10.8. The van der Waals surface area contributed by atoms with Crippen LogP contribution < -0.4 is 5.32 Å². The van der Waals surface area contributed by atoms with E-state index in [4.69, 9.17) is 4.74 Å². The van der Waals surface area contributed by atoms with Crippen molar-refractivity contribution >= 4 is 11.9 Å². The number of amides is 1. The van der Waals surface area contributed by atoms with Gasteiger partial charge in [-0.15, -0.1) is 0 Å². The summed E-state index contributed by atoms with van der Waals surface area (Å²) >= 11 is 0. The molecule has 1 aromatic carbocycles. The van der Waals surface area contributed by atoms with Gasteiger partial charge in [0.2, 0.25) is 5.91 Å². The first-order valence-electron chi connectivity index (χ1n) is 6.19. The van der Waals surface area contributed by atoms with Crippen molar-refractivity contribution in [3.05, 3.63) is 35.4 Å². The van der Waals surface area contributed by atoms with Gasteiger partial charge >= 0.3 is 5.97 Å². The maximum absolute atomic E-state index is 12.0. The molecule has 5 heteroatoms. The van der Waals surface area contributed by atoms with Crippen LogP contribution in [-0.4, -0.2) is 35.7 Å². The second kappa shape index (κ2) is 5.40. The van der Waals surface area contributed by atoms with Gasteiger partial charge in [-0.05, 0) is 12.5 Å². The predicted molar refractivity (Wildman–Crippen MR) is 68.8 cm³/mol. The van der Waals surface area contributed by atoms with E-state index in [1.165, 1.54) is 0 Å². The minimum Gasteiger partial charge on any atom is -0.479 e. The quantitative estimate of drug-likeness (QED) is 0.846. The molecule has 0 bridgehead atoms. The number of aliphatic carboxylic acids is 1. The van der Waals surface area contributed by atoms with Crippen molar-refractivity contribution in [1.29, 1.82) is 0 Å². The van der Waals surface area contributed by atoms with Gasteiger partial charge in [0.1, 0.15) is 0 Å². The summed E-state index contributed by atoms with van der Waals surface area (Å²) in [5, 5.41) is 11.8. The van der Waals surface area contributed by atoms with Gasteiger partial charge in [-0.3, -0.25) is 4.79 Å². The molecule has 102 valence electrons. The summed E-state index contributed by atoms with van der Waals surface area (Å²) < 4.78 is 5.10. The fraction of sp³-hybridized carbons (Fsp3) is 0.429. The number of benzene rings is 1. The zero-order valence-electron chi connectivity index (χ0n) is 10.8. The van der Waals surface area contributed by atoms with E-state index in [9.17, 15) is 14.7 Å². The maximum atomic E-state index is 12.0. The Balaban J connectivity index is 2.02. The number of hydrogen-bond donors (Lipinski definition) is 2. The SMILES string of the molecule is Cc1cccc(CC(=O)NC2(C(=O)O)CCOC2)c1. The third kappa shape index (κ3) is 3.12. The van der Waals surface area contributed by atoms with Crippen molar-refractivity contribution in [2.24, 2.45) is 0 Å². The van der Waals surface area contributed by atoms with Gasteiger partial charge < -0.3 is 15.2 Å². The molecule has 19 heavy (non-hydrogen) atoms. The van der Waals surface area contributed by atoms with Gasteiger partial charge in [0, 0.05) is 13.0 Å². The Bertz CT molecular complexity index is 492. The number of carbonyl (C=O) groups excluding carboxylic acids is 1. The lowest BCUT2D eigenvalue weighted by molar-refractivity contribution is -0.147. The largest absolute Gasteiger partial charge is 0.479 e. The molecule has 1 heterocycles. The molecule has 1 amide bonds. The summed E-state index contributed by atoms with van der Waals surface area (Å²) in [4.78, 5) is 23.2. The van der Waals surface area contributed by atoms with Crippen molar-refractivity contribution in [1.82, 2.24) is 5.32 Å². The predicted octanol–water partition coefficient (Wildman–Crippen LogP) is 0.897. The average molecular weight is 263 g/mol. The highest BCUT2D eigenvalue weighted by molar-refractivity contribution is 5.88. The standard InChI is InChI=1S/C14H17NO4/c1-10-3-2-4-11(7-10)8-12(16)15-14(13(17)18)5-6-19-9-14/h2-4,7H,5-6,8-9H2,1H3,(H,15,16)(H,17,18). The van der Waals surface area contributed by atoms with Gasteiger partial charge in [0.05, 0.1) is 13.0 Å². The highest BCUT2D eigenvalue weighted by Gasteiger charge is 2.43. The molecule has 5 nitrogen and oxygen atoms in total. The molecule has 1 aliphatic heterocycles. The summed E-state index contributed by atoms with van der Waals surface area (Å²) in [6, 6.07) is 7.60. The number of carbonyl (C=O) groups is 2. The Labute approximate surface area is 111 Å². The molecular weight excluding hydrogens is 246 g/mol. The van der Waals surface area contributed by atoms with Crippen LogP contribution in [0.1, 0.15) is 17.5 Å². The number of aryl methyl sites for hydroxylation is 1. The van der Waals surface area contributed by atoms with Crippen LogP contribution in [0, 0.1) is 6.92 Å². The Morgan fingerprint density at radius 1 is 1.47 bits per heavy atom. The molecule has 2 N–H and O–H groups in total. The molecule has 1 fully saturated rings. The lowest BCUT2D eigenvalue weighted by Gasteiger charge is -2.23. The van der Waals surface area contributed by atoms with E-state index >= 15 is 0 Å². The number of rotatable bonds is 4. The minimum atomic E-state index is -1.26. The number of ether oxygens (including phenoxy) is 1. The van der Waals surface area contributed by atoms with Crippen molar-refractivity contribution < 1.29 is 19.4 Å². The van der Waals surface area contributed by atoms with Crippen LogP contribution in [0.2, 0.25) is 0 Å². The first-order valence-corrected chi connectivity index (χ1v) is 6.19. The third-order valence-electron chi connectivity index (χ3n) is 3.26. The van der Waals surface area contributed by atoms with Crippen LogP contribution in [-0.2, 0) is 20.7 Å². The molecule has 1 unspecified atom stereocenters. The smallest absolute Gasteiger partial charge is 0.331 e. The number of carboxylic acid groups (broad SMARTS) is 1. The highest BCUT2D eigenvalue weighted by Crippen LogP contribution is 2.19. The average Bonchev–Trinajstić information content (AvgIpc) is 2.78. The summed E-state index contributed by atoms with van der Waals surface area (Å²) in [7, 11) is 0. The van der Waals surface area contributed by atoms with E-state index < -0.39 is 11.5 Å². The molecule has 1 saturated heterocycles. The summed E-state index contributed by atoms with van der Waals surface area (Å²) in [6.45, 7) is 2.34. The molecular formula is C14H17NO4. The highest BCUT2D eigenvalue weighted by atomic mass is 16.5. The summed E-state index contributed by atoms with van der Waals surface area (Å²) in [5.74, 6) is -1.33. The topological polar surface area (TPSA) is 75.6 Å². The van der Waals surface area contributed by atoms with Crippen LogP contribution in [0.4, 0.5) is 0 Å². The normalized spacial score (nSPS) is 22.2. The molecule has 0 aromatic heterocycles. The van der Waals surface area contributed by atoms with Crippen molar-refractivity contribution in [2.45, 2.75) is 25.3 Å². The fourth-order valence-corrected chi connectivity index (χ4v) is 2.20. The van der Waals surface area contributed by atoms with Crippen LogP contribution in [0.3, 0.4) is 0 Å². The third-order valence-corrected chi connectivity index (χ3v) is 3.26. The molecule has 1 aliphatic rings. The first-order chi connectivity index (χ1) is 9.02. The minimum absolute atomic E-state index is 0.0297. The van der Waals surface area contributed by atoms with Crippen LogP contribution in [0.5, 0.6) is 0 Å². The Morgan fingerprint density at radius 2 is 2.26 bits per heavy atom. The summed E-state index contributed by atoms with van der Waals surface area (Å²) in [6.07, 6.45) is 0.485. The molecule has 0 aliphatic carbocycles. The number of hydrogen-bond acceptors (Lipinski definition) is 3. The lowest BCUT2D eigenvalue weighted by Crippen LogP contribution is -2.55. The van der Waals surface area contributed by atoms with E-state index in [-0.39, 0.29) is 18.9 Å². The van der Waals surface area contributed by atoms with Crippen LogP contribution in [0.15, 0.2) is 24.3 Å². The van der Waals surface area contributed by atoms with E-state index in [0.29, 0.717) is 13.0 Å². The van der Waals surface area contributed by atoms with Crippen molar-refractivity contribution in [3.63, 3.8) is 0 Å². The maximum Gasteiger partial charge on any atom is 0.331 e. The monoisotopic (exact) mass is 263 g/mol. The molecule has 0 spiro atoms. The van der Waals surface area contributed by atoms with E-state index in [0.717, 1.165) is 11.1 Å².